The number of hydrogen-bond donors (Lipinski definition) is 0. The van der Waals surface area contributed by atoms with Crippen molar-refractivity contribution < 1.29 is 13.2 Å². The van der Waals surface area contributed by atoms with Gasteiger partial charge in [-0.25, -0.2) is 8.42 Å². The molecule has 0 heterocycles. The van der Waals surface area contributed by atoms with Gasteiger partial charge in [-0.1, -0.05) is 55.7 Å². The quantitative estimate of drug-likeness (QED) is 0.602. The van der Waals surface area contributed by atoms with Crippen molar-refractivity contribution >= 4 is 9.84 Å². The number of sulfone groups is 1. The Morgan fingerprint density at radius 1 is 0.696 bits per heavy atom. The summed E-state index contributed by atoms with van der Waals surface area (Å²) in [5, 5.41) is 0. The topological polar surface area (TPSA) is 43.4 Å². The number of para-hydroxylation sites is 1. The predicted molar refractivity (Wildman–Crippen MR) is 93.5 cm³/mol. The molecule has 0 aliphatic carbocycles. The van der Waals surface area contributed by atoms with E-state index in [1.54, 1.807) is 24.3 Å². The first kappa shape index (κ1) is 17.5. The minimum Gasteiger partial charge on any atom is -0.494 e. The summed E-state index contributed by atoms with van der Waals surface area (Å²) in [4.78, 5) is 0.427. The fraction of sp³-hybridized carbons (Fsp3) is 0.368. The predicted octanol–water partition coefficient (Wildman–Crippen LogP) is 4.49. The van der Waals surface area contributed by atoms with Crippen LogP contribution >= 0.6 is 0 Å². The number of ether oxygens (including phenoxy) is 1. The summed E-state index contributed by atoms with van der Waals surface area (Å²) >= 11 is 0. The first-order valence-electron chi connectivity index (χ1n) is 8.14. The highest BCUT2D eigenvalue weighted by Gasteiger charge is 2.12. The van der Waals surface area contributed by atoms with E-state index in [1.807, 2.05) is 36.4 Å². The van der Waals surface area contributed by atoms with E-state index in [4.69, 9.17) is 4.74 Å². The van der Waals surface area contributed by atoms with Crippen molar-refractivity contribution in [2.24, 2.45) is 0 Å². The Morgan fingerprint density at radius 2 is 1.26 bits per heavy atom. The molecular weight excluding hydrogens is 308 g/mol. The average molecular weight is 332 g/mol. The number of rotatable bonds is 10. The lowest BCUT2D eigenvalue weighted by atomic mass is 10.2. The zero-order valence-corrected chi connectivity index (χ0v) is 14.2. The third-order valence-electron chi connectivity index (χ3n) is 3.67. The van der Waals surface area contributed by atoms with Gasteiger partial charge in [-0.3, -0.25) is 0 Å². The SMILES string of the molecule is O=S(=O)(CCCCCCCOc1ccccc1)c1ccccc1. The summed E-state index contributed by atoms with van der Waals surface area (Å²) in [5.41, 5.74) is 0. The molecule has 0 unspecified atom stereocenters. The van der Waals surface area contributed by atoms with E-state index in [0.29, 0.717) is 11.5 Å². The summed E-state index contributed by atoms with van der Waals surface area (Å²) < 4.78 is 29.8. The molecule has 2 aromatic rings. The van der Waals surface area contributed by atoms with Crippen molar-refractivity contribution in [3.05, 3.63) is 60.7 Å². The van der Waals surface area contributed by atoms with E-state index >= 15 is 0 Å². The molecule has 4 heteroatoms. The number of hydrogen-bond acceptors (Lipinski definition) is 3. The lowest BCUT2D eigenvalue weighted by molar-refractivity contribution is 0.304. The maximum Gasteiger partial charge on any atom is 0.178 e. The van der Waals surface area contributed by atoms with Crippen LogP contribution in [0.1, 0.15) is 32.1 Å². The smallest absolute Gasteiger partial charge is 0.178 e. The van der Waals surface area contributed by atoms with Crippen LogP contribution in [0.4, 0.5) is 0 Å². The van der Waals surface area contributed by atoms with Crippen molar-refractivity contribution in [3.8, 4) is 5.75 Å². The molecule has 0 fully saturated rings. The fourth-order valence-electron chi connectivity index (χ4n) is 2.38. The van der Waals surface area contributed by atoms with E-state index in [-0.39, 0.29) is 5.75 Å². The molecule has 124 valence electrons. The zero-order chi connectivity index (χ0) is 16.4. The van der Waals surface area contributed by atoms with Gasteiger partial charge >= 0.3 is 0 Å². The van der Waals surface area contributed by atoms with Gasteiger partial charge in [0.05, 0.1) is 17.3 Å². The minimum atomic E-state index is -3.12. The van der Waals surface area contributed by atoms with E-state index in [2.05, 4.69) is 0 Å². The maximum absolute atomic E-state index is 12.1. The molecule has 0 saturated carbocycles. The Labute approximate surface area is 139 Å². The van der Waals surface area contributed by atoms with Gasteiger partial charge in [0.1, 0.15) is 5.75 Å². The van der Waals surface area contributed by atoms with Crippen molar-refractivity contribution in [1.82, 2.24) is 0 Å². The third kappa shape index (κ3) is 6.45. The van der Waals surface area contributed by atoms with Crippen molar-refractivity contribution in [3.63, 3.8) is 0 Å². The van der Waals surface area contributed by atoms with Crippen LogP contribution in [0.2, 0.25) is 0 Å². The second-order valence-corrected chi connectivity index (χ2v) is 7.67. The zero-order valence-electron chi connectivity index (χ0n) is 13.4. The molecular formula is C19H24O3S. The molecule has 0 bridgehead atoms. The summed E-state index contributed by atoms with van der Waals surface area (Å²) in [5.74, 6) is 1.14. The number of unbranched alkanes of at least 4 members (excludes halogenated alkanes) is 4. The van der Waals surface area contributed by atoms with E-state index in [9.17, 15) is 8.42 Å². The van der Waals surface area contributed by atoms with E-state index < -0.39 is 9.84 Å². The van der Waals surface area contributed by atoms with Crippen molar-refractivity contribution in [1.29, 1.82) is 0 Å². The van der Waals surface area contributed by atoms with Crippen LogP contribution in [-0.4, -0.2) is 20.8 Å². The molecule has 0 spiro atoms. The van der Waals surface area contributed by atoms with Crippen LogP contribution in [0.25, 0.3) is 0 Å². The summed E-state index contributed by atoms with van der Waals surface area (Å²) in [6, 6.07) is 18.5. The van der Waals surface area contributed by atoms with Crippen LogP contribution in [0, 0.1) is 0 Å². The lowest BCUT2D eigenvalue weighted by Gasteiger charge is -2.06. The van der Waals surface area contributed by atoms with Gasteiger partial charge in [0.2, 0.25) is 0 Å². The Balaban J connectivity index is 1.54. The van der Waals surface area contributed by atoms with E-state index in [0.717, 1.165) is 37.9 Å². The average Bonchev–Trinajstić information content (AvgIpc) is 2.59. The normalized spacial score (nSPS) is 11.3. The summed E-state index contributed by atoms with van der Waals surface area (Å²) in [6.45, 7) is 0.715. The largest absolute Gasteiger partial charge is 0.494 e. The Hall–Kier alpha value is -1.81. The second-order valence-electron chi connectivity index (χ2n) is 5.56. The molecule has 0 aliphatic rings. The van der Waals surface area contributed by atoms with Gasteiger partial charge < -0.3 is 4.74 Å². The monoisotopic (exact) mass is 332 g/mol. The summed E-state index contributed by atoms with van der Waals surface area (Å²) in [7, 11) is -3.12. The van der Waals surface area contributed by atoms with Gasteiger partial charge in [-0.2, -0.15) is 0 Å². The first-order chi connectivity index (χ1) is 11.2. The van der Waals surface area contributed by atoms with Crippen LogP contribution in [0.5, 0.6) is 5.75 Å². The summed E-state index contributed by atoms with van der Waals surface area (Å²) in [6.07, 6.45) is 4.77. The van der Waals surface area contributed by atoms with Crippen LogP contribution < -0.4 is 4.74 Å². The molecule has 0 atom stereocenters. The molecule has 23 heavy (non-hydrogen) atoms. The third-order valence-corrected chi connectivity index (χ3v) is 5.49. The van der Waals surface area contributed by atoms with Crippen molar-refractivity contribution in [2.45, 2.75) is 37.0 Å². The van der Waals surface area contributed by atoms with Crippen molar-refractivity contribution in [2.75, 3.05) is 12.4 Å². The van der Waals surface area contributed by atoms with Crippen LogP contribution in [0.3, 0.4) is 0 Å². The minimum absolute atomic E-state index is 0.234. The van der Waals surface area contributed by atoms with Gasteiger partial charge in [0.25, 0.3) is 0 Å². The molecule has 2 rings (SSSR count). The molecule has 0 aliphatic heterocycles. The Bertz CT molecular complexity index is 652. The van der Waals surface area contributed by atoms with Crippen LogP contribution in [-0.2, 0) is 9.84 Å². The van der Waals surface area contributed by atoms with Crippen LogP contribution in [0.15, 0.2) is 65.6 Å². The van der Waals surface area contributed by atoms with Gasteiger partial charge in [-0.05, 0) is 37.1 Å². The molecule has 0 N–H and O–H groups in total. The highest BCUT2D eigenvalue weighted by atomic mass is 32.2. The van der Waals surface area contributed by atoms with E-state index in [1.165, 1.54) is 0 Å². The lowest BCUT2D eigenvalue weighted by Crippen LogP contribution is -2.06. The molecule has 2 aromatic carbocycles. The highest BCUT2D eigenvalue weighted by molar-refractivity contribution is 7.91. The standard InChI is InChI=1S/C19H24O3S/c20-23(21,19-14-8-5-9-15-19)17-11-3-1-2-10-16-22-18-12-6-4-7-13-18/h4-9,12-15H,1-3,10-11,16-17H2. The number of benzene rings is 2. The van der Waals surface area contributed by atoms with Gasteiger partial charge in [0, 0.05) is 0 Å². The molecule has 0 saturated heterocycles. The Morgan fingerprint density at radius 3 is 1.96 bits per heavy atom. The van der Waals surface area contributed by atoms with Gasteiger partial charge in [0.15, 0.2) is 9.84 Å². The molecule has 0 amide bonds. The first-order valence-corrected chi connectivity index (χ1v) is 9.79. The van der Waals surface area contributed by atoms with Gasteiger partial charge in [-0.15, -0.1) is 0 Å². The maximum atomic E-state index is 12.1. The molecule has 3 nitrogen and oxygen atoms in total. The fourth-order valence-corrected chi connectivity index (χ4v) is 3.77. The second kappa shape index (κ2) is 9.36. The molecule has 0 radical (unpaired) electrons. The highest BCUT2D eigenvalue weighted by Crippen LogP contribution is 2.14. The molecule has 0 aromatic heterocycles. The Kier molecular flexibility index (Phi) is 7.14.